The Balaban J connectivity index is 1.35. The van der Waals surface area contributed by atoms with E-state index in [0.717, 1.165) is 72.2 Å². The molecule has 0 aliphatic heterocycles. The summed E-state index contributed by atoms with van der Waals surface area (Å²) in [7, 11) is 0. The first-order valence-corrected chi connectivity index (χ1v) is 16.4. The van der Waals surface area contributed by atoms with E-state index in [4.69, 9.17) is 9.97 Å². The Bertz CT molecular complexity index is 2580. The number of nitriles is 2. The number of fused-ring (bicyclic) bond motifs is 1. The van der Waals surface area contributed by atoms with Gasteiger partial charge in [0.25, 0.3) is 0 Å². The van der Waals surface area contributed by atoms with Gasteiger partial charge in [0.05, 0.1) is 34.5 Å². The molecule has 8 aromatic rings. The maximum absolute atomic E-state index is 9.74. The highest BCUT2D eigenvalue weighted by atomic mass is 14.9. The Labute approximate surface area is 290 Å². The van der Waals surface area contributed by atoms with Crippen molar-refractivity contribution in [3.05, 3.63) is 181 Å². The van der Waals surface area contributed by atoms with Crippen LogP contribution in [0.1, 0.15) is 11.1 Å². The van der Waals surface area contributed by atoms with Gasteiger partial charge in [-0.15, -0.1) is 0 Å². The molecule has 0 aliphatic carbocycles. The summed E-state index contributed by atoms with van der Waals surface area (Å²) in [6.07, 6.45) is 0. The van der Waals surface area contributed by atoms with Gasteiger partial charge in [0.15, 0.2) is 5.82 Å². The van der Waals surface area contributed by atoms with E-state index in [2.05, 4.69) is 97.1 Å². The molecule has 0 fully saturated rings. The lowest BCUT2D eigenvalue weighted by Gasteiger charge is -2.16. The van der Waals surface area contributed by atoms with Crippen molar-refractivity contribution in [1.82, 2.24) is 9.97 Å². The van der Waals surface area contributed by atoms with Gasteiger partial charge in [0.1, 0.15) is 0 Å². The van der Waals surface area contributed by atoms with E-state index >= 15 is 0 Å². The van der Waals surface area contributed by atoms with Crippen LogP contribution in [0, 0.1) is 22.7 Å². The van der Waals surface area contributed by atoms with Gasteiger partial charge in [-0.2, -0.15) is 10.5 Å². The molecule has 1 heterocycles. The van der Waals surface area contributed by atoms with Crippen molar-refractivity contribution in [2.75, 3.05) is 0 Å². The number of hydrogen-bond donors (Lipinski definition) is 0. The van der Waals surface area contributed by atoms with Crippen molar-refractivity contribution in [2.24, 2.45) is 0 Å². The number of benzene rings is 7. The summed E-state index contributed by atoms with van der Waals surface area (Å²) < 4.78 is 0. The molecule has 50 heavy (non-hydrogen) atoms. The topological polar surface area (TPSA) is 73.4 Å². The third-order valence-corrected chi connectivity index (χ3v) is 9.01. The number of hydrogen-bond acceptors (Lipinski definition) is 4. The van der Waals surface area contributed by atoms with Gasteiger partial charge in [-0.1, -0.05) is 146 Å². The van der Waals surface area contributed by atoms with E-state index in [1.807, 2.05) is 84.9 Å². The molecule has 7 aromatic carbocycles. The van der Waals surface area contributed by atoms with Crippen LogP contribution in [0.3, 0.4) is 0 Å². The molecule has 4 nitrogen and oxygen atoms in total. The summed E-state index contributed by atoms with van der Waals surface area (Å²) in [5, 5.41) is 20.4. The second-order valence-electron chi connectivity index (χ2n) is 12.0. The third-order valence-electron chi connectivity index (χ3n) is 9.01. The van der Waals surface area contributed by atoms with Gasteiger partial charge in [-0.05, 0) is 63.2 Å². The minimum Gasteiger partial charge on any atom is -0.227 e. The molecule has 8 rings (SSSR count). The van der Waals surface area contributed by atoms with Crippen LogP contribution < -0.4 is 0 Å². The zero-order valence-electron chi connectivity index (χ0n) is 27.0. The van der Waals surface area contributed by atoms with E-state index in [0.29, 0.717) is 17.0 Å². The first-order valence-electron chi connectivity index (χ1n) is 16.4. The lowest BCUT2D eigenvalue weighted by molar-refractivity contribution is 1.23. The van der Waals surface area contributed by atoms with Gasteiger partial charge in [0, 0.05) is 22.1 Å². The molecule has 0 atom stereocenters. The minimum absolute atomic E-state index is 0.608. The molecule has 0 bridgehead atoms. The molecule has 4 heteroatoms. The average molecular weight is 637 g/mol. The smallest absolute Gasteiger partial charge is 0.160 e. The highest BCUT2D eigenvalue weighted by Crippen LogP contribution is 2.39. The molecule has 0 spiro atoms. The van der Waals surface area contributed by atoms with Crippen LogP contribution in [-0.2, 0) is 0 Å². The van der Waals surface area contributed by atoms with Crippen LogP contribution >= 0.6 is 0 Å². The third kappa shape index (κ3) is 5.69. The molecule has 0 radical (unpaired) electrons. The Morgan fingerprint density at radius 2 is 0.820 bits per heavy atom. The molecule has 0 saturated carbocycles. The van der Waals surface area contributed by atoms with Crippen LogP contribution in [0.2, 0.25) is 0 Å². The summed E-state index contributed by atoms with van der Waals surface area (Å²) in [4.78, 5) is 10.5. The van der Waals surface area contributed by atoms with Crippen molar-refractivity contribution in [1.29, 1.82) is 10.5 Å². The Morgan fingerprint density at radius 1 is 0.360 bits per heavy atom. The predicted octanol–water partition coefficient (Wildman–Crippen LogP) is 11.4. The van der Waals surface area contributed by atoms with Crippen molar-refractivity contribution in [3.8, 4) is 79.3 Å². The fourth-order valence-electron chi connectivity index (χ4n) is 6.49. The van der Waals surface area contributed by atoms with Crippen LogP contribution in [0.15, 0.2) is 170 Å². The Hall–Kier alpha value is -7.14. The number of nitrogens with zero attached hydrogens (tertiary/aromatic N) is 4. The van der Waals surface area contributed by atoms with Gasteiger partial charge in [-0.25, -0.2) is 9.97 Å². The van der Waals surface area contributed by atoms with Crippen LogP contribution in [0.25, 0.3) is 78.1 Å². The molecule has 0 aliphatic rings. The van der Waals surface area contributed by atoms with E-state index in [1.165, 1.54) is 0 Å². The summed E-state index contributed by atoms with van der Waals surface area (Å²) in [5.41, 5.74) is 12.7. The second-order valence-corrected chi connectivity index (χ2v) is 12.0. The predicted molar refractivity (Wildman–Crippen MR) is 202 cm³/mol. The molecule has 0 saturated heterocycles. The first-order chi connectivity index (χ1) is 24.7. The van der Waals surface area contributed by atoms with Crippen molar-refractivity contribution in [3.63, 3.8) is 0 Å². The minimum atomic E-state index is 0.608. The Kier molecular flexibility index (Phi) is 7.95. The molecular formula is C46H28N4. The molecule has 232 valence electrons. The molecule has 1 aromatic heterocycles. The van der Waals surface area contributed by atoms with E-state index < -0.39 is 0 Å². The van der Waals surface area contributed by atoms with Crippen molar-refractivity contribution in [2.45, 2.75) is 0 Å². The van der Waals surface area contributed by atoms with Crippen LogP contribution in [0.5, 0.6) is 0 Å². The fourth-order valence-corrected chi connectivity index (χ4v) is 6.49. The zero-order valence-corrected chi connectivity index (χ0v) is 27.0. The second kappa shape index (κ2) is 13.2. The van der Waals surface area contributed by atoms with Gasteiger partial charge in [-0.3, -0.25) is 0 Å². The summed E-state index contributed by atoms with van der Waals surface area (Å²) in [5.74, 6) is 0.608. The van der Waals surface area contributed by atoms with Gasteiger partial charge < -0.3 is 0 Å². The first kappa shape index (κ1) is 30.2. The van der Waals surface area contributed by atoms with E-state index in [-0.39, 0.29) is 0 Å². The highest BCUT2D eigenvalue weighted by molar-refractivity contribution is 6.04. The Morgan fingerprint density at radius 3 is 1.38 bits per heavy atom. The highest BCUT2D eigenvalue weighted by Gasteiger charge is 2.18. The summed E-state index contributed by atoms with van der Waals surface area (Å²) in [6.45, 7) is 0. The molecule has 0 N–H and O–H groups in total. The SMILES string of the molecule is N#Cc1ccccc1-c1ccc(-c2nc(-c3ccc(-c4ccccc4C#N)cc3)c3cc(-c4ccccc4)cc(-c4ccccc4)c3n2)cc1. The molecular weight excluding hydrogens is 609 g/mol. The van der Waals surface area contributed by atoms with E-state index in [1.54, 1.807) is 0 Å². The zero-order chi connectivity index (χ0) is 33.9. The lowest BCUT2D eigenvalue weighted by atomic mass is 9.93. The van der Waals surface area contributed by atoms with Gasteiger partial charge >= 0.3 is 0 Å². The van der Waals surface area contributed by atoms with Crippen molar-refractivity contribution < 1.29 is 0 Å². The van der Waals surface area contributed by atoms with Crippen LogP contribution in [-0.4, -0.2) is 9.97 Å². The fraction of sp³-hybridized carbons (Fsp3) is 0. The van der Waals surface area contributed by atoms with Gasteiger partial charge in [0.2, 0.25) is 0 Å². The molecule has 0 amide bonds. The maximum Gasteiger partial charge on any atom is 0.160 e. The summed E-state index contributed by atoms with van der Waals surface area (Å²) in [6, 6.07) is 61.4. The maximum atomic E-state index is 9.74. The van der Waals surface area contributed by atoms with E-state index in [9.17, 15) is 10.5 Å². The van der Waals surface area contributed by atoms with Crippen molar-refractivity contribution >= 4 is 10.9 Å². The molecule has 0 unspecified atom stereocenters. The standard InChI is InChI=1S/C46H28N4/c47-29-37-15-7-9-17-40(37)33-19-23-35(24-20-33)44-43-28-39(31-11-3-1-4-12-31)27-42(32-13-5-2-6-14-32)45(43)50-46(49-44)36-25-21-34(22-26-36)41-18-10-8-16-38(41)30-48/h1-28H. The normalized spacial score (nSPS) is 10.8. The quantitative estimate of drug-likeness (QED) is 0.182. The largest absolute Gasteiger partial charge is 0.227 e. The monoisotopic (exact) mass is 636 g/mol. The average Bonchev–Trinajstić information content (AvgIpc) is 3.20. The van der Waals surface area contributed by atoms with Crippen LogP contribution in [0.4, 0.5) is 0 Å². The number of rotatable bonds is 6. The number of aromatic nitrogens is 2. The summed E-state index contributed by atoms with van der Waals surface area (Å²) >= 11 is 0. The lowest BCUT2D eigenvalue weighted by Crippen LogP contribution is -1.98.